The SMILES string of the molecule is CN(C)CCOc1cccc(NC2COC(C)(C)OC2)c1. The van der Waals surface area contributed by atoms with Crippen LogP contribution in [0, 0.1) is 0 Å². The minimum absolute atomic E-state index is 0.162. The molecule has 0 saturated carbocycles. The van der Waals surface area contributed by atoms with E-state index in [0.29, 0.717) is 19.8 Å². The van der Waals surface area contributed by atoms with Crippen LogP contribution in [0.1, 0.15) is 13.8 Å². The summed E-state index contributed by atoms with van der Waals surface area (Å²) < 4.78 is 17.0. The Bertz CT molecular complexity index is 439. The van der Waals surface area contributed by atoms with Gasteiger partial charge in [-0.1, -0.05) is 6.07 Å². The average molecular weight is 294 g/mol. The molecular formula is C16H26N2O3. The second-order valence-electron chi connectivity index (χ2n) is 6.04. The number of nitrogens with zero attached hydrogens (tertiary/aromatic N) is 1. The maximum atomic E-state index is 5.74. The fourth-order valence-electron chi connectivity index (χ4n) is 2.03. The smallest absolute Gasteiger partial charge is 0.162 e. The molecular weight excluding hydrogens is 268 g/mol. The van der Waals surface area contributed by atoms with E-state index in [1.807, 2.05) is 52.2 Å². The number of benzene rings is 1. The Balaban J connectivity index is 1.83. The van der Waals surface area contributed by atoms with Gasteiger partial charge in [0.15, 0.2) is 5.79 Å². The Kier molecular flexibility index (Phi) is 5.45. The standard InChI is InChI=1S/C16H26N2O3/c1-16(2)20-11-14(12-21-16)17-13-6-5-7-15(10-13)19-9-8-18(3)4/h5-7,10,14,17H,8-9,11-12H2,1-4H3. The van der Waals surface area contributed by atoms with Gasteiger partial charge in [-0.3, -0.25) is 0 Å². The normalized spacial score (nSPS) is 18.7. The van der Waals surface area contributed by atoms with Crippen LogP contribution in [0.3, 0.4) is 0 Å². The number of ether oxygens (including phenoxy) is 3. The summed E-state index contributed by atoms with van der Waals surface area (Å²) in [6.07, 6.45) is 0. The van der Waals surface area contributed by atoms with E-state index < -0.39 is 5.79 Å². The van der Waals surface area contributed by atoms with E-state index in [0.717, 1.165) is 18.0 Å². The highest BCUT2D eigenvalue weighted by molar-refractivity contribution is 5.49. The molecule has 1 fully saturated rings. The molecule has 1 aliphatic heterocycles. The van der Waals surface area contributed by atoms with E-state index in [-0.39, 0.29) is 6.04 Å². The average Bonchev–Trinajstić information content (AvgIpc) is 2.41. The lowest BCUT2D eigenvalue weighted by molar-refractivity contribution is -0.247. The Morgan fingerprint density at radius 3 is 2.67 bits per heavy atom. The zero-order valence-electron chi connectivity index (χ0n) is 13.4. The van der Waals surface area contributed by atoms with Crippen molar-refractivity contribution >= 4 is 5.69 Å². The van der Waals surface area contributed by atoms with Crippen LogP contribution in [0.4, 0.5) is 5.69 Å². The quantitative estimate of drug-likeness (QED) is 0.871. The molecule has 1 N–H and O–H groups in total. The van der Waals surface area contributed by atoms with Crippen LogP contribution >= 0.6 is 0 Å². The first-order chi connectivity index (χ1) is 9.94. The maximum absolute atomic E-state index is 5.74. The maximum Gasteiger partial charge on any atom is 0.162 e. The summed E-state index contributed by atoms with van der Waals surface area (Å²) in [4.78, 5) is 2.10. The van der Waals surface area contributed by atoms with Crippen molar-refractivity contribution < 1.29 is 14.2 Å². The van der Waals surface area contributed by atoms with Crippen LogP contribution in [-0.2, 0) is 9.47 Å². The molecule has 0 aliphatic carbocycles. The van der Waals surface area contributed by atoms with Gasteiger partial charge in [-0.25, -0.2) is 0 Å². The van der Waals surface area contributed by atoms with Gasteiger partial charge in [0.25, 0.3) is 0 Å². The van der Waals surface area contributed by atoms with Gasteiger partial charge >= 0.3 is 0 Å². The lowest BCUT2D eigenvalue weighted by atomic mass is 10.2. The molecule has 0 bridgehead atoms. The molecule has 1 aromatic carbocycles. The van der Waals surface area contributed by atoms with E-state index in [9.17, 15) is 0 Å². The number of anilines is 1. The van der Waals surface area contributed by atoms with Crippen LogP contribution in [0.15, 0.2) is 24.3 Å². The Hall–Kier alpha value is -1.30. The van der Waals surface area contributed by atoms with Gasteiger partial charge in [0.2, 0.25) is 0 Å². The summed E-state index contributed by atoms with van der Waals surface area (Å²) in [5.74, 6) is 0.398. The lowest BCUT2D eigenvalue weighted by Crippen LogP contribution is -2.45. The number of nitrogens with one attached hydrogen (secondary N) is 1. The molecule has 5 nitrogen and oxygen atoms in total. The fourth-order valence-corrected chi connectivity index (χ4v) is 2.03. The number of hydrogen-bond donors (Lipinski definition) is 1. The molecule has 5 heteroatoms. The first kappa shape index (κ1) is 16.1. The Morgan fingerprint density at radius 1 is 1.29 bits per heavy atom. The fraction of sp³-hybridized carbons (Fsp3) is 0.625. The Labute approximate surface area is 127 Å². The summed E-state index contributed by atoms with van der Waals surface area (Å²) in [5, 5.41) is 3.42. The van der Waals surface area contributed by atoms with Crippen molar-refractivity contribution in [3.05, 3.63) is 24.3 Å². The number of likely N-dealkylation sites (N-methyl/N-ethyl adjacent to an activating group) is 1. The highest BCUT2D eigenvalue weighted by Gasteiger charge is 2.28. The van der Waals surface area contributed by atoms with Crippen molar-refractivity contribution in [1.82, 2.24) is 4.90 Å². The van der Waals surface area contributed by atoms with Gasteiger partial charge in [0.05, 0.1) is 19.3 Å². The van der Waals surface area contributed by atoms with Crippen molar-refractivity contribution in [1.29, 1.82) is 0 Å². The second kappa shape index (κ2) is 7.11. The van der Waals surface area contributed by atoms with E-state index in [4.69, 9.17) is 14.2 Å². The first-order valence-electron chi connectivity index (χ1n) is 7.37. The van der Waals surface area contributed by atoms with Gasteiger partial charge in [-0.05, 0) is 40.1 Å². The topological polar surface area (TPSA) is 43.0 Å². The zero-order chi connectivity index (χ0) is 15.3. The summed E-state index contributed by atoms with van der Waals surface area (Å²) >= 11 is 0. The highest BCUT2D eigenvalue weighted by atomic mass is 16.7. The molecule has 0 atom stereocenters. The number of rotatable bonds is 6. The van der Waals surface area contributed by atoms with Crippen LogP contribution in [0.25, 0.3) is 0 Å². The molecule has 1 aromatic rings. The van der Waals surface area contributed by atoms with Gasteiger partial charge in [0, 0.05) is 18.3 Å². The van der Waals surface area contributed by atoms with Crippen LogP contribution in [-0.4, -0.2) is 57.2 Å². The van der Waals surface area contributed by atoms with Gasteiger partial charge in [0.1, 0.15) is 12.4 Å². The molecule has 21 heavy (non-hydrogen) atoms. The summed E-state index contributed by atoms with van der Waals surface area (Å²) in [7, 11) is 4.07. The minimum Gasteiger partial charge on any atom is -0.492 e. The molecule has 1 saturated heterocycles. The van der Waals surface area contributed by atoms with Gasteiger partial charge in [-0.2, -0.15) is 0 Å². The van der Waals surface area contributed by atoms with Crippen LogP contribution in [0.2, 0.25) is 0 Å². The van der Waals surface area contributed by atoms with Crippen LogP contribution < -0.4 is 10.1 Å². The monoisotopic (exact) mass is 294 g/mol. The largest absolute Gasteiger partial charge is 0.492 e. The first-order valence-corrected chi connectivity index (χ1v) is 7.37. The van der Waals surface area contributed by atoms with E-state index in [2.05, 4.69) is 10.2 Å². The summed E-state index contributed by atoms with van der Waals surface area (Å²) in [5.41, 5.74) is 1.02. The predicted octanol–water partition coefficient (Wildman–Crippen LogP) is 2.19. The molecule has 0 unspecified atom stereocenters. The molecule has 0 amide bonds. The molecule has 0 radical (unpaired) electrons. The van der Waals surface area contributed by atoms with Gasteiger partial charge < -0.3 is 24.4 Å². The molecule has 1 heterocycles. The lowest BCUT2D eigenvalue weighted by Gasteiger charge is -2.35. The van der Waals surface area contributed by atoms with E-state index >= 15 is 0 Å². The number of hydrogen-bond acceptors (Lipinski definition) is 5. The molecule has 1 aliphatic rings. The van der Waals surface area contributed by atoms with Crippen molar-refractivity contribution in [2.24, 2.45) is 0 Å². The predicted molar refractivity (Wildman–Crippen MR) is 83.9 cm³/mol. The summed E-state index contributed by atoms with van der Waals surface area (Å²) in [6.45, 7) is 6.72. The van der Waals surface area contributed by atoms with Crippen molar-refractivity contribution in [3.63, 3.8) is 0 Å². The third kappa shape index (κ3) is 5.53. The van der Waals surface area contributed by atoms with Crippen LogP contribution in [0.5, 0.6) is 5.75 Å². The molecule has 0 spiro atoms. The highest BCUT2D eigenvalue weighted by Crippen LogP contribution is 2.22. The second-order valence-corrected chi connectivity index (χ2v) is 6.04. The molecule has 2 rings (SSSR count). The molecule has 0 aromatic heterocycles. The van der Waals surface area contributed by atoms with Crippen molar-refractivity contribution in [3.8, 4) is 5.75 Å². The third-order valence-electron chi connectivity index (χ3n) is 3.28. The van der Waals surface area contributed by atoms with Gasteiger partial charge in [-0.15, -0.1) is 0 Å². The summed E-state index contributed by atoms with van der Waals surface area (Å²) in [6, 6.07) is 8.16. The van der Waals surface area contributed by atoms with Crippen molar-refractivity contribution in [2.75, 3.05) is 45.8 Å². The third-order valence-corrected chi connectivity index (χ3v) is 3.28. The minimum atomic E-state index is -0.477. The van der Waals surface area contributed by atoms with Crippen molar-refractivity contribution in [2.45, 2.75) is 25.7 Å². The molecule has 118 valence electrons. The zero-order valence-corrected chi connectivity index (χ0v) is 13.4. The Morgan fingerprint density at radius 2 is 2.00 bits per heavy atom. The van der Waals surface area contributed by atoms with E-state index in [1.165, 1.54) is 0 Å². The van der Waals surface area contributed by atoms with E-state index in [1.54, 1.807) is 0 Å².